The molecule has 1 aliphatic heterocycles. The van der Waals surface area contributed by atoms with E-state index in [-0.39, 0.29) is 18.6 Å². The molecule has 0 radical (unpaired) electrons. The maximum Gasteiger partial charge on any atom is 0.191 e. The van der Waals surface area contributed by atoms with E-state index in [9.17, 15) is 5.11 Å². The number of aryl methyl sites for hydroxylation is 1. The molecule has 0 aliphatic carbocycles. The van der Waals surface area contributed by atoms with Gasteiger partial charge in [-0.2, -0.15) is 0 Å². The molecule has 2 atom stereocenters. The lowest BCUT2D eigenvalue weighted by Gasteiger charge is -2.35. The maximum absolute atomic E-state index is 9.81. The largest absolute Gasteiger partial charge is 0.396 e. The molecule has 0 spiro atoms. The lowest BCUT2D eigenvalue weighted by atomic mass is 10.0. The Balaban J connectivity index is 1.61. The molecule has 2 unspecified atom stereocenters. The van der Waals surface area contributed by atoms with Gasteiger partial charge >= 0.3 is 0 Å². The highest BCUT2D eigenvalue weighted by atomic mass is 16.5. The molecule has 0 amide bonds. The van der Waals surface area contributed by atoms with Crippen molar-refractivity contribution in [2.45, 2.75) is 18.9 Å². The third-order valence-electron chi connectivity index (χ3n) is 5.64. The van der Waals surface area contributed by atoms with Gasteiger partial charge in [0.05, 0.1) is 25.9 Å². The van der Waals surface area contributed by atoms with Gasteiger partial charge in [0.15, 0.2) is 5.96 Å². The number of aliphatic hydroxyl groups excluding tert-OH is 1. The molecule has 3 rings (SSSR count). The maximum atomic E-state index is 9.81. The van der Waals surface area contributed by atoms with Crippen LogP contribution in [0.5, 0.6) is 0 Å². The predicted octanol–water partition coefficient (Wildman–Crippen LogP) is 2.31. The fraction of sp³-hybridized carbons (Fsp3) is 0.458. The minimum Gasteiger partial charge on any atom is -0.396 e. The van der Waals surface area contributed by atoms with Crippen LogP contribution in [0.2, 0.25) is 0 Å². The number of ether oxygens (including phenoxy) is 1. The van der Waals surface area contributed by atoms with E-state index in [2.05, 4.69) is 51.7 Å². The summed E-state index contributed by atoms with van der Waals surface area (Å²) in [5.74, 6) is 0.770. The summed E-state index contributed by atoms with van der Waals surface area (Å²) in [6, 6.07) is 19.1. The molecule has 3 N–H and O–H groups in total. The monoisotopic (exact) mass is 410 g/mol. The number of hydrogen-bond acceptors (Lipinski definition) is 4. The van der Waals surface area contributed by atoms with Crippen LogP contribution in [0.15, 0.2) is 59.6 Å². The highest BCUT2D eigenvalue weighted by Crippen LogP contribution is 2.22. The van der Waals surface area contributed by atoms with Crippen LogP contribution >= 0.6 is 0 Å². The minimum atomic E-state index is 0.0249. The summed E-state index contributed by atoms with van der Waals surface area (Å²) in [5, 5.41) is 16.7. The Morgan fingerprint density at radius 3 is 2.30 bits per heavy atom. The molecular formula is C24H34N4O2. The first-order valence-corrected chi connectivity index (χ1v) is 10.7. The second-order valence-corrected chi connectivity index (χ2v) is 7.70. The molecule has 1 fully saturated rings. The van der Waals surface area contributed by atoms with E-state index < -0.39 is 0 Å². The van der Waals surface area contributed by atoms with Crippen molar-refractivity contribution in [3.8, 4) is 0 Å². The summed E-state index contributed by atoms with van der Waals surface area (Å²) >= 11 is 0. The SMILES string of the molecule is CN=C(NCC(CO)c1ccccc1)NCC(c1ccc(C)cc1)N1CCOCC1. The van der Waals surface area contributed by atoms with Crippen molar-refractivity contribution >= 4 is 5.96 Å². The van der Waals surface area contributed by atoms with Crippen LogP contribution in [-0.2, 0) is 4.74 Å². The Morgan fingerprint density at radius 2 is 1.67 bits per heavy atom. The number of nitrogens with one attached hydrogen (secondary N) is 2. The fourth-order valence-electron chi connectivity index (χ4n) is 3.78. The number of aliphatic imine (C=N–C) groups is 1. The summed E-state index contributed by atoms with van der Waals surface area (Å²) in [6.45, 7) is 6.95. The van der Waals surface area contributed by atoms with Gasteiger partial charge in [-0.3, -0.25) is 9.89 Å². The normalized spacial score (nSPS) is 17.4. The molecule has 0 aromatic heterocycles. The summed E-state index contributed by atoms with van der Waals surface area (Å²) in [5.41, 5.74) is 3.68. The Kier molecular flexibility index (Phi) is 8.68. The van der Waals surface area contributed by atoms with Gasteiger partial charge in [0.2, 0.25) is 0 Å². The topological polar surface area (TPSA) is 69.1 Å². The first-order valence-electron chi connectivity index (χ1n) is 10.7. The average molecular weight is 411 g/mol. The first-order chi connectivity index (χ1) is 14.7. The van der Waals surface area contributed by atoms with Crippen LogP contribution in [0.3, 0.4) is 0 Å². The zero-order valence-electron chi connectivity index (χ0n) is 18.1. The van der Waals surface area contributed by atoms with Crippen molar-refractivity contribution < 1.29 is 9.84 Å². The second-order valence-electron chi connectivity index (χ2n) is 7.70. The van der Waals surface area contributed by atoms with E-state index >= 15 is 0 Å². The Morgan fingerprint density at radius 1 is 1.00 bits per heavy atom. The molecule has 1 aliphatic rings. The highest BCUT2D eigenvalue weighted by molar-refractivity contribution is 5.79. The molecule has 1 saturated heterocycles. The summed E-state index contributed by atoms with van der Waals surface area (Å²) < 4.78 is 5.55. The quantitative estimate of drug-likeness (QED) is 0.460. The van der Waals surface area contributed by atoms with Crippen molar-refractivity contribution in [3.05, 3.63) is 71.3 Å². The van der Waals surface area contributed by atoms with Crippen LogP contribution in [0.4, 0.5) is 0 Å². The van der Waals surface area contributed by atoms with Crippen molar-refractivity contribution in [1.82, 2.24) is 15.5 Å². The molecule has 6 heteroatoms. The third kappa shape index (κ3) is 6.29. The van der Waals surface area contributed by atoms with E-state index in [0.717, 1.165) is 44.4 Å². The number of aliphatic hydroxyl groups is 1. The van der Waals surface area contributed by atoms with Crippen molar-refractivity contribution in [1.29, 1.82) is 0 Å². The number of morpholine rings is 1. The second kappa shape index (κ2) is 11.7. The van der Waals surface area contributed by atoms with E-state index in [0.29, 0.717) is 6.54 Å². The molecule has 6 nitrogen and oxygen atoms in total. The molecular weight excluding hydrogens is 376 g/mol. The van der Waals surface area contributed by atoms with E-state index in [4.69, 9.17) is 4.74 Å². The molecule has 0 bridgehead atoms. The van der Waals surface area contributed by atoms with Gasteiger partial charge in [-0.05, 0) is 18.1 Å². The zero-order chi connectivity index (χ0) is 21.2. The van der Waals surface area contributed by atoms with Crippen LogP contribution in [0.1, 0.15) is 28.7 Å². The zero-order valence-corrected chi connectivity index (χ0v) is 18.1. The molecule has 2 aromatic carbocycles. The van der Waals surface area contributed by atoms with Crippen molar-refractivity contribution in [2.75, 3.05) is 53.0 Å². The summed E-state index contributed by atoms with van der Waals surface area (Å²) in [6.07, 6.45) is 0. The van der Waals surface area contributed by atoms with Gasteiger partial charge in [0.25, 0.3) is 0 Å². The molecule has 2 aromatic rings. The van der Waals surface area contributed by atoms with Gasteiger partial charge < -0.3 is 20.5 Å². The number of rotatable bonds is 8. The Labute approximate surface area is 180 Å². The van der Waals surface area contributed by atoms with Crippen LogP contribution in [0, 0.1) is 6.92 Å². The lowest BCUT2D eigenvalue weighted by molar-refractivity contribution is 0.0170. The average Bonchev–Trinajstić information content (AvgIpc) is 2.80. The van der Waals surface area contributed by atoms with Gasteiger partial charge in [-0.15, -0.1) is 0 Å². The predicted molar refractivity (Wildman–Crippen MR) is 122 cm³/mol. The van der Waals surface area contributed by atoms with E-state index in [1.807, 2.05) is 30.3 Å². The number of hydrogen-bond donors (Lipinski definition) is 3. The van der Waals surface area contributed by atoms with Gasteiger partial charge in [0.1, 0.15) is 0 Å². The van der Waals surface area contributed by atoms with E-state index in [1.165, 1.54) is 11.1 Å². The molecule has 0 saturated carbocycles. The Bertz CT molecular complexity index is 774. The number of guanidine groups is 1. The van der Waals surface area contributed by atoms with Crippen molar-refractivity contribution in [3.63, 3.8) is 0 Å². The van der Waals surface area contributed by atoms with Crippen molar-refractivity contribution in [2.24, 2.45) is 4.99 Å². The first kappa shape index (κ1) is 22.3. The van der Waals surface area contributed by atoms with Gasteiger partial charge in [-0.25, -0.2) is 0 Å². The van der Waals surface area contributed by atoms with E-state index in [1.54, 1.807) is 7.05 Å². The summed E-state index contributed by atoms with van der Waals surface area (Å²) in [4.78, 5) is 6.85. The minimum absolute atomic E-state index is 0.0249. The van der Waals surface area contributed by atoms with Gasteiger partial charge in [0, 0.05) is 39.1 Å². The fourth-order valence-corrected chi connectivity index (χ4v) is 3.78. The molecule has 30 heavy (non-hydrogen) atoms. The van der Waals surface area contributed by atoms with Crippen LogP contribution in [0.25, 0.3) is 0 Å². The highest BCUT2D eigenvalue weighted by Gasteiger charge is 2.23. The Hall–Kier alpha value is -2.41. The molecule has 1 heterocycles. The smallest absolute Gasteiger partial charge is 0.191 e. The molecule has 162 valence electrons. The van der Waals surface area contributed by atoms with Gasteiger partial charge in [-0.1, -0.05) is 60.2 Å². The van der Waals surface area contributed by atoms with Crippen LogP contribution in [-0.4, -0.2) is 69.0 Å². The number of nitrogens with zero attached hydrogens (tertiary/aromatic N) is 2. The third-order valence-corrected chi connectivity index (χ3v) is 5.64. The lowest BCUT2D eigenvalue weighted by Crippen LogP contribution is -2.47. The standard InChI is InChI=1S/C24H34N4O2/c1-19-8-10-21(11-9-19)23(28-12-14-30-15-13-28)17-27-24(25-2)26-16-22(18-29)20-6-4-3-5-7-20/h3-11,22-23,29H,12-18H2,1-2H3,(H2,25,26,27). The summed E-state index contributed by atoms with van der Waals surface area (Å²) in [7, 11) is 1.78. The number of benzene rings is 2. The van der Waals surface area contributed by atoms with Crippen LogP contribution < -0.4 is 10.6 Å².